The highest BCUT2D eigenvalue weighted by molar-refractivity contribution is 7.92. The molecule has 0 atom stereocenters. The summed E-state index contributed by atoms with van der Waals surface area (Å²) in [7, 11) is -4.05. The summed E-state index contributed by atoms with van der Waals surface area (Å²) in [6.07, 6.45) is 0. The molecule has 0 aliphatic carbocycles. The molecule has 33 heavy (non-hydrogen) atoms. The number of aryl methyl sites for hydroxylation is 1. The van der Waals surface area contributed by atoms with Gasteiger partial charge in [0.2, 0.25) is 5.91 Å². The van der Waals surface area contributed by atoms with Gasteiger partial charge in [-0.1, -0.05) is 35.9 Å². The highest BCUT2D eigenvalue weighted by atomic mass is 32.2. The predicted molar refractivity (Wildman–Crippen MR) is 130 cm³/mol. The lowest BCUT2D eigenvalue weighted by molar-refractivity contribution is -0.114. The fourth-order valence-electron chi connectivity index (χ4n) is 3.24. The van der Waals surface area contributed by atoms with Crippen molar-refractivity contribution in [1.29, 1.82) is 0 Å². The lowest BCUT2D eigenvalue weighted by Crippen LogP contribution is -2.38. The third-order valence-corrected chi connectivity index (χ3v) is 6.53. The Hall–Kier alpha value is -3.52. The summed E-state index contributed by atoms with van der Waals surface area (Å²) in [6, 6.07) is 20.2. The van der Waals surface area contributed by atoms with E-state index in [0.717, 1.165) is 9.87 Å². The topological polar surface area (TPSA) is 84.9 Å². The first-order valence-electron chi connectivity index (χ1n) is 10.7. The normalized spacial score (nSPS) is 11.0. The van der Waals surface area contributed by atoms with Gasteiger partial charge in [0.1, 0.15) is 18.0 Å². The lowest BCUT2D eigenvalue weighted by Gasteiger charge is -2.26. The molecule has 0 aliphatic heterocycles. The summed E-state index contributed by atoms with van der Waals surface area (Å²) in [6.45, 7) is 5.98. The van der Waals surface area contributed by atoms with Crippen LogP contribution >= 0.6 is 0 Å². The van der Waals surface area contributed by atoms with Gasteiger partial charge in [0.25, 0.3) is 10.0 Å². The fourth-order valence-corrected chi connectivity index (χ4v) is 4.67. The summed E-state index contributed by atoms with van der Waals surface area (Å²) in [5.41, 5.74) is 1.73. The molecule has 0 heterocycles. The molecule has 7 nitrogen and oxygen atoms in total. The first-order valence-corrected chi connectivity index (χ1v) is 12.1. The number of nitrogens with zero attached hydrogens (tertiary/aromatic N) is 1. The fraction of sp³-hybridized carbons (Fsp3) is 0.240. The van der Waals surface area contributed by atoms with Crippen LogP contribution in [0.2, 0.25) is 0 Å². The second-order valence-electron chi connectivity index (χ2n) is 7.23. The molecule has 8 heteroatoms. The Morgan fingerprint density at radius 1 is 0.909 bits per heavy atom. The van der Waals surface area contributed by atoms with Gasteiger partial charge in [-0.05, 0) is 57.2 Å². The van der Waals surface area contributed by atoms with Crippen LogP contribution < -0.4 is 19.1 Å². The average molecular weight is 469 g/mol. The maximum absolute atomic E-state index is 13.6. The van der Waals surface area contributed by atoms with Crippen molar-refractivity contribution >= 4 is 27.3 Å². The van der Waals surface area contributed by atoms with Gasteiger partial charge >= 0.3 is 0 Å². The van der Waals surface area contributed by atoms with Gasteiger partial charge in [-0.2, -0.15) is 0 Å². The molecule has 3 rings (SSSR count). The second kappa shape index (κ2) is 10.9. The molecule has 3 aromatic carbocycles. The molecule has 3 aromatic rings. The Labute approximate surface area is 195 Å². The van der Waals surface area contributed by atoms with Gasteiger partial charge in [-0.15, -0.1) is 0 Å². The number of benzene rings is 3. The Balaban J connectivity index is 1.96. The first-order chi connectivity index (χ1) is 15.8. The SMILES string of the molecule is CCOc1cccc(NC(=O)CN(c2ccccc2OCC)S(=O)(=O)c2ccc(C)cc2)c1. The molecule has 0 bridgehead atoms. The van der Waals surface area contributed by atoms with Crippen LogP contribution in [0.3, 0.4) is 0 Å². The van der Waals surface area contributed by atoms with E-state index in [-0.39, 0.29) is 10.6 Å². The van der Waals surface area contributed by atoms with Crippen molar-refractivity contribution in [3.8, 4) is 11.5 Å². The Morgan fingerprint density at radius 2 is 1.61 bits per heavy atom. The molecule has 0 saturated carbocycles. The first kappa shape index (κ1) is 24.1. The van der Waals surface area contributed by atoms with E-state index in [4.69, 9.17) is 9.47 Å². The number of carbonyl (C=O) groups is 1. The van der Waals surface area contributed by atoms with Crippen LogP contribution in [0.1, 0.15) is 19.4 Å². The number of sulfonamides is 1. The number of amides is 1. The summed E-state index contributed by atoms with van der Waals surface area (Å²) in [5, 5.41) is 2.76. The van der Waals surface area contributed by atoms with Crippen molar-refractivity contribution in [1.82, 2.24) is 0 Å². The molecule has 0 spiro atoms. The van der Waals surface area contributed by atoms with Crippen molar-refractivity contribution in [2.75, 3.05) is 29.4 Å². The molecule has 0 fully saturated rings. The quantitative estimate of drug-likeness (QED) is 0.469. The maximum Gasteiger partial charge on any atom is 0.264 e. The van der Waals surface area contributed by atoms with Gasteiger partial charge < -0.3 is 14.8 Å². The van der Waals surface area contributed by atoms with Crippen LogP contribution in [0, 0.1) is 6.92 Å². The van der Waals surface area contributed by atoms with Crippen molar-refractivity contribution in [3.05, 3.63) is 78.4 Å². The summed E-state index contributed by atoms with van der Waals surface area (Å²) >= 11 is 0. The lowest BCUT2D eigenvalue weighted by atomic mass is 10.2. The summed E-state index contributed by atoms with van der Waals surface area (Å²) < 4.78 is 39.4. The van der Waals surface area contributed by atoms with Gasteiger partial charge in [-0.25, -0.2) is 8.42 Å². The number of hydrogen-bond acceptors (Lipinski definition) is 5. The molecule has 0 saturated heterocycles. The van der Waals surface area contributed by atoms with Crippen LogP contribution in [-0.2, 0) is 14.8 Å². The Bertz CT molecular complexity index is 1190. The maximum atomic E-state index is 13.6. The number of rotatable bonds is 10. The van der Waals surface area contributed by atoms with E-state index >= 15 is 0 Å². The molecule has 174 valence electrons. The van der Waals surface area contributed by atoms with Crippen LogP contribution in [0.15, 0.2) is 77.7 Å². The van der Waals surface area contributed by atoms with Crippen LogP contribution in [0.4, 0.5) is 11.4 Å². The molecule has 0 aromatic heterocycles. The highest BCUT2D eigenvalue weighted by Gasteiger charge is 2.29. The molecule has 0 aliphatic rings. The van der Waals surface area contributed by atoms with Gasteiger partial charge in [-0.3, -0.25) is 9.10 Å². The van der Waals surface area contributed by atoms with Crippen LogP contribution in [0.25, 0.3) is 0 Å². The van der Waals surface area contributed by atoms with E-state index in [1.807, 2.05) is 20.8 Å². The predicted octanol–water partition coefficient (Wildman–Crippen LogP) is 4.63. The Morgan fingerprint density at radius 3 is 2.30 bits per heavy atom. The van der Waals surface area contributed by atoms with E-state index in [2.05, 4.69) is 5.32 Å². The van der Waals surface area contributed by atoms with Crippen molar-refractivity contribution in [2.45, 2.75) is 25.7 Å². The van der Waals surface area contributed by atoms with E-state index in [1.165, 1.54) is 12.1 Å². The van der Waals surface area contributed by atoms with Crippen molar-refractivity contribution in [3.63, 3.8) is 0 Å². The zero-order chi connectivity index (χ0) is 23.8. The molecule has 0 unspecified atom stereocenters. The van der Waals surface area contributed by atoms with E-state index in [0.29, 0.717) is 30.4 Å². The Kier molecular flexibility index (Phi) is 7.95. The van der Waals surface area contributed by atoms with E-state index in [9.17, 15) is 13.2 Å². The van der Waals surface area contributed by atoms with Crippen molar-refractivity contribution in [2.24, 2.45) is 0 Å². The minimum absolute atomic E-state index is 0.0885. The minimum atomic E-state index is -4.05. The molecule has 1 amide bonds. The summed E-state index contributed by atoms with van der Waals surface area (Å²) in [5.74, 6) is 0.494. The van der Waals surface area contributed by atoms with E-state index < -0.39 is 22.5 Å². The van der Waals surface area contributed by atoms with Crippen LogP contribution in [0.5, 0.6) is 11.5 Å². The van der Waals surface area contributed by atoms with Gasteiger partial charge in [0.05, 0.1) is 23.8 Å². The number of nitrogens with one attached hydrogen (secondary N) is 1. The standard InChI is InChI=1S/C25H28N2O5S/c1-4-31-21-10-8-9-20(17-21)26-25(28)18-27(23-11-6-7-12-24(23)32-5-2)33(29,30)22-15-13-19(3)14-16-22/h6-17H,4-5,18H2,1-3H3,(H,26,28). The van der Waals surface area contributed by atoms with Crippen LogP contribution in [-0.4, -0.2) is 34.1 Å². The zero-order valence-electron chi connectivity index (χ0n) is 18.9. The number of carbonyl (C=O) groups excluding carboxylic acids is 1. The molecule has 0 radical (unpaired) electrons. The van der Waals surface area contributed by atoms with Gasteiger partial charge in [0.15, 0.2) is 0 Å². The second-order valence-corrected chi connectivity index (χ2v) is 9.10. The molecular formula is C25H28N2O5S. The summed E-state index contributed by atoms with van der Waals surface area (Å²) in [4.78, 5) is 13.1. The van der Waals surface area contributed by atoms with Crippen molar-refractivity contribution < 1.29 is 22.7 Å². The largest absolute Gasteiger partial charge is 0.494 e. The molecular weight excluding hydrogens is 440 g/mol. The third-order valence-electron chi connectivity index (χ3n) is 4.76. The number of ether oxygens (including phenoxy) is 2. The molecule has 1 N–H and O–H groups in total. The van der Waals surface area contributed by atoms with Gasteiger partial charge in [0, 0.05) is 11.8 Å². The monoisotopic (exact) mass is 468 g/mol. The smallest absolute Gasteiger partial charge is 0.264 e. The number of hydrogen-bond donors (Lipinski definition) is 1. The number of anilines is 2. The minimum Gasteiger partial charge on any atom is -0.494 e. The van der Waals surface area contributed by atoms with E-state index in [1.54, 1.807) is 60.7 Å². The zero-order valence-corrected chi connectivity index (χ0v) is 19.8. The highest BCUT2D eigenvalue weighted by Crippen LogP contribution is 2.32. The average Bonchev–Trinajstić information content (AvgIpc) is 2.79. The third kappa shape index (κ3) is 6.04. The number of para-hydroxylation sites is 2.